The molecule has 0 aliphatic rings. The van der Waals surface area contributed by atoms with E-state index in [1.165, 1.54) is 65.3 Å². The lowest BCUT2D eigenvalue weighted by Crippen LogP contribution is -2.16. The lowest BCUT2D eigenvalue weighted by atomic mass is 9.88. The Morgan fingerprint density at radius 2 is 0.592 bits per heavy atom. The SMILES string of the molecule is Cc1ccc2c(c1)c1ccccc1n2-c1c(-c2cccnc2)c(-c2cc(C)nc(C)c2)c(-n2c3ccccc3c3cc(C)ccc32)c(-n2c3ccccc3c3cc(C)ccc32)c1-n1c2ccccc2c2cc(C)ccc21. The van der Waals surface area contributed by atoms with Crippen LogP contribution in [-0.4, -0.2) is 28.2 Å². The average molecular weight is 977 g/mol. The molecule has 0 saturated carbocycles. The number of hydrogen-bond acceptors (Lipinski definition) is 2. The van der Waals surface area contributed by atoms with Crippen molar-refractivity contribution in [3.8, 4) is 45.0 Å². The van der Waals surface area contributed by atoms with Gasteiger partial charge in [0.25, 0.3) is 0 Å². The normalized spacial score (nSPS) is 12.1. The van der Waals surface area contributed by atoms with Gasteiger partial charge in [-0.3, -0.25) is 9.97 Å². The standard InChI is InChI=1S/C70H52N6/c1-41-25-29-61-53(34-41)49-17-7-11-21-57(49)73(61)67-65(47-16-15-33-71-40-47)66(48-38-45(5)72-46(6)39-48)68(74-58-22-12-8-18-50(58)54-35-42(2)26-30-62(54)74)70(76-60-24-14-10-20-52(60)56-37-44(4)28-32-64(56)76)69(67)75-59-23-13-9-19-51(59)55-36-43(3)27-31-63(55)75/h7-40H,1-6H3. The molecule has 0 spiro atoms. The van der Waals surface area contributed by atoms with Crippen LogP contribution >= 0.6 is 0 Å². The summed E-state index contributed by atoms with van der Waals surface area (Å²) >= 11 is 0. The Bertz CT molecular complexity index is 4920. The molecule has 362 valence electrons. The minimum atomic E-state index is 0.945. The van der Waals surface area contributed by atoms with Crippen molar-refractivity contribution in [2.45, 2.75) is 41.5 Å². The van der Waals surface area contributed by atoms with Crippen molar-refractivity contribution in [3.05, 3.63) is 240 Å². The van der Waals surface area contributed by atoms with Gasteiger partial charge >= 0.3 is 0 Å². The monoisotopic (exact) mass is 976 g/mol. The van der Waals surface area contributed by atoms with E-state index in [-0.39, 0.29) is 0 Å². The van der Waals surface area contributed by atoms with Crippen LogP contribution in [0.2, 0.25) is 0 Å². The summed E-state index contributed by atoms with van der Waals surface area (Å²) in [6, 6.07) is 72.9. The van der Waals surface area contributed by atoms with Crippen molar-refractivity contribution < 1.29 is 0 Å². The zero-order valence-electron chi connectivity index (χ0n) is 43.3. The summed E-state index contributed by atoms with van der Waals surface area (Å²) < 4.78 is 10.4. The van der Waals surface area contributed by atoms with Crippen molar-refractivity contribution in [2.75, 3.05) is 0 Å². The topological polar surface area (TPSA) is 45.5 Å². The largest absolute Gasteiger partial charge is 0.306 e. The van der Waals surface area contributed by atoms with Crippen molar-refractivity contribution in [2.24, 2.45) is 0 Å². The van der Waals surface area contributed by atoms with E-state index in [9.17, 15) is 0 Å². The van der Waals surface area contributed by atoms with E-state index in [4.69, 9.17) is 9.97 Å². The summed E-state index contributed by atoms with van der Waals surface area (Å²) in [7, 11) is 0. The Hall–Kier alpha value is -9.52. The van der Waals surface area contributed by atoms with Crippen molar-refractivity contribution in [1.29, 1.82) is 0 Å². The molecule has 6 heteroatoms. The number of para-hydroxylation sites is 4. The first-order valence-corrected chi connectivity index (χ1v) is 26.3. The number of benzene rings is 9. The average Bonchev–Trinajstić information content (AvgIpc) is 4.26. The van der Waals surface area contributed by atoms with E-state index in [1.54, 1.807) is 0 Å². The second-order valence-corrected chi connectivity index (χ2v) is 21.0. The number of rotatable bonds is 6. The maximum atomic E-state index is 5.09. The summed E-state index contributed by atoms with van der Waals surface area (Å²) in [5, 5.41) is 9.56. The number of aromatic nitrogens is 6. The molecule has 0 radical (unpaired) electrons. The first-order chi connectivity index (χ1) is 37.2. The maximum absolute atomic E-state index is 5.09. The van der Waals surface area contributed by atoms with Crippen LogP contribution < -0.4 is 0 Å². The molecule has 6 heterocycles. The number of aryl methyl sites for hydroxylation is 6. The highest BCUT2D eigenvalue weighted by atomic mass is 15.1. The number of pyridine rings is 2. The Morgan fingerprint density at radius 1 is 0.276 bits per heavy atom. The van der Waals surface area contributed by atoms with Gasteiger partial charge in [0.05, 0.1) is 66.9 Å². The Balaban J connectivity index is 1.36. The molecule has 0 aliphatic carbocycles. The van der Waals surface area contributed by atoms with Crippen molar-refractivity contribution >= 4 is 87.2 Å². The minimum absolute atomic E-state index is 0.945. The zero-order valence-corrected chi connectivity index (χ0v) is 43.3. The molecule has 6 aromatic heterocycles. The number of hydrogen-bond donors (Lipinski definition) is 0. The van der Waals surface area contributed by atoms with E-state index in [0.29, 0.717) is 0 Å². The Kier molecular flexibility index (Phi) is 9.55. The van der Waals surface area contributed by atoms with Crippen LogP contribution in [0.1, 0.15) is 33.6 Å². The van der Waals surface area contributed by atoms with Gasteiger partial charge < -0.3 is 18.3 Å². The van der Waals surface area contributed by atoms with Crippen LogP contribution in [0.15, 0.2) is 207 Å². The Labute approximate surface area is 440 Å². The second-order valence-electron chi connectivity index (χ2n) is 21.0. The summed E-state index contributed by atoms with van der Waals surface area (Å²) in [4.78, 5) is 10.1. The van der Waals surface area contributed by atoms with E-state index < -0.39 is 0 Å². The highest BCUT2D eigenvalue weighted by Gasteiger charge is 2.35. The predicted octanol–water partition coefficient (Wildman–Crippen LogP) is 18.0. The molecule has 6 nitrogen and oxygen atoms in total. The van der Waals surface area contributed by atoms with Gasteiger partial charge in [-0.25, -0.2) is 0 Å². The third-order valence-corrected chi connectivity index (χ3v) is 15.9. The summed E-state index contributed by atoms with van der Waals surface area (Å²) in [6.45, 7) is 13.1. The third kappa shape index (κ3) is 6.34. The molecule has 0 N–H and O–H groups in total. The van der Waals surface area contributed by atoms with Crippen LogP contribution in [0, 0.1) is 41.5 Å². The fourth-order valence-corrected chi connectivity index (χ4v) is 12.9. The van der Waals surface area contributed by atoms with E-state index in [1.807, 2.05) is 6.20 Å². The smallest absolute Gasteiger partial charge is 0.0975 e. The Morgan fingerprint density at radius 3 is 0.934 bits per heavy atom. The van der Waals surface area contributed by atoms with E-state index >= 15 is 0 Å². The van der Waals surface area contributed by atoms with E-state index in [0.717, 1.165) is 101 Å². The summed E-state index contributed by atoms with van der Waals surface area (Å²) in [5.41, 5.74) is 24.0. The lowest BCUT2D eigenvalue weighted by molar-refractivity contribution is 1.02. The number of fused-ring (bicyclic) bond motifs is 12. The molecule has 0 amide bonds. The van der Waals surface area contributed by atoms with Crippen LogP contribution in [-0.2, 0) is 0 Å². The molecule has 0 bridgehead atoms. The van der Waals surface area contributed by atoms with Gasteiger partial charge in [0, 0.05) is 83.6 Å². The maximum Gasteiger partial charge on any atom is 0.0975 e. The van der Waals surface area contributed by atoms with Crippen LogP contribution in [0.3, 0.4) is 0 Å². The molecular formula is C70H52N6. The van der Waals surface area contributed by atoms with E-state index in [2.05, 4.69) is 260 Å². The van der Waals surface area contributed by atoms with Crippen LogP contribution in [0.5, 0.6) is 0 Å². The second kappa shape index (κ2) is 16.5. The van der Waals surface area contributed by atoms with Crippen molar-refractivity contribution in [1.82, 2.24) is 28.2 Å². The van der Waals surface area contributed by atoms with Gasteiger partial charge in [0.15, 0.2) is 0 Å². The molecule has 0 atom stereocenters. The lowest BCUT2D eigenvalue weighted by Gasteiger charge is -2.31. The van der Waals surface area contributed by atoms with Crippen molar-refractivity contribution in [3.63, 3.8) is 0 Å². The van der Waals surface area contributed by atoms with Crippen LogP contribution in [0.25, 0.3) is 132 Å². The molecule has 15 aromatic rings. The molecular weight excluding hydrogens is 925 g/mol. The minimum Gasteiger partial charge on any atom is -0.306 e. The van der Waals surface area contributed by atoms with Gasteiger partial charge in [-0.1, -0.05) is 125 Å². The third-order valence-electron chi connectivity index (χ3n) is 15.9. The predicted molar refractivity (Wildman–Crippen MR) is 319 cm³/mol. The van der Waals surface area contributed by atoms with Gasteiger partial charge in [0.1, 0.15) is 0 Å². The fourth-order valence-electron chi connectivity index (χ4n) is 12.9. The highest BCUT2D eigenvalue weighted by Crippen LogP contribution is 2.54. The van der Waals surface area contributed by atoms with Crippen LogP contribution in [0.4, 0.5) is 0 Å². The first-order valence-electron chi connectivity index (χ1n) is 26.3. The van der Waals surface area contributed by atoms with Gasteiger partial charge in [-0.15, -0.1) is 0 Å². The summed E-state index contributed by atoms with van der Waals surface area (Å²) in [5.74, 6) is 0. The molecule has 76 heavy (non-hydrogen) atoms. The fraction of sp³-hybridized carbons (Fsp3) is 0.0857. The molecule has 0 fully saturated rings. The van der Waals surface area contributed by atoms with Gasteiger partial charge in [0.2, 0.25) is 0 Å². The first kappa shape index (κ1) is 44.0. The molecule has 0 saturated heterocycles. The number of nitrogens with zero attached hydrogens (tertiary/aromatic N) is 6. The molecule has 0 unspecified atom stereocenters. The van der Waals surface area contributed by atoms with Gasteiger partial charge in [-0.05, 0) is 138 Å². The molecule has 0 aliphatic heterocycles. The quantitative estimate of drug-likeness (QED) is 0.167. The zero-order chi connectivity index (χ0) is 51.1. The summed E-state index contributed by atoms with van der Waals surface area (Å²) in [6.07, 6.45) is 3.97. The highest BCUT2D eigenvalue weighted by molar-refractivity contribution is 6.18. The molecule has 15 rings (SSSR count). The molecule has 9 aromatic carbocycles. The van der Waals surface area contributed by atoms with Gasteiger partial charge in [-0.2, -0.15) is 0 Å².